The summed E-state index contributed by atoms with van der Waals surface area (Å²) in [6.07, 6.45) is 3.45. The van der Waals surface area contributed by atoms with E-state index in [4.69, 9.17) is 4.98 Å². The van der Waals surface area contributed by atoms with Crippen LogP contribution in [0.4, 0.5) is 0 Å². The number of fused-ring (bicyclic) bond motifs is 1. The molecule has 2 aromatic rings. The van der Waals surface area contributed by atoms with Crippen LogP contribution in [0.5, 0.6) is 5.75 Å². The molecule has 0 atom stereocenters. The summed E-state index contributed by atoms with van der Waals surface area (Å²) in [6, 6.07) is 7.31. The second-order valence-electron chi connectivity index (χ2n) is 5.78. The van der Waals surface area contributed by atoms with Gasteiger partial charge < -0.3 is 5.11 Å². The van der Waals surface area contributed by atoms with Crippen LogP contribution in [0.1, 0.15) is 30.8 Å². The minimum absolute atomic E-state index is 0.307. The molecule has 1 aliphatic rings. The molecule has 2 nitrogen and oxygen atoms in total. The maximum absolute atomic E-state index is 9.32. The van der Waals surface area contributed by atoms with Crippen LogP contribution in [0.25, 0.3) is 10.6 Å². The third-order valence-corrected chi connectivity index (χ3v) is 4.72. The molecule has 1 aromatic carbocycles. The molecule has 0 radical (unpaired) electrons. The van der Waals surface area contributed by atoms with Gasteiger partial charge in [-0.2, -0.15) is 0 Å². The van der Waals surface area contributed by atoms with Gasteiger partial charge in [-0.05, 0) is 48.9 Å². The van der Waals surface area contributed by atoms with Gasteiger partial charge in [-0.1, -0.05) is 13.8 Å². The molecule has 3 heteroatoms. The molecule has 1 aromatic heterocycles. The van der Waals surface area contributed by atoms with Gasteiger partial charge in [0.05, 0.1) is 5.69 Å². The molecule has 0 spiro atoms. The molecule has 18 heavy (non-hydrogen) atoms. The molecule has 0 fully saturated rings. The molecule has 1 heterocycles. The van der Waals surface area contributed by atoms with Crippen LogP contribution in [0.3, 0.4) is 0 Å². The summed E-state index contributed by atoms with van der Waals surface area (Å²) in [5, 5.41) is 10.4. The van der Waals surface area contributed by atoms with E-state index in [0.717, 1.165) is 23.4 Å². The maximum atomic E-state index is 9.32. The van der Waals surface area contributed by atoms with Gasteiger partial charge in [0.25, 0.3) is 0 Å². The fourth-order valence-corrected chi connectivity index (χ4v) is 3.80. The number of hydrogen-bond donors (Lipinski definition) is 1. The number of rotatable bonds is 1. The van der Waals surface area contributed by atoms with Crippen molar-refractivity contribution in [2.24, 2.45) is 5.41 Å². The molecule has 0 unspecified atom stereocenters. The molecule has 0 aliphatic heterocycles. The molecule has 94 valence electrons. The van der Waals surface area contributed by atoms with Crippen LogP contribution in [-0.4, -0.2) is 10.1 Å². The van der Waals surface area contributed by atoms with Crippen molar-refractivity contribution in [2.75, 3.05) is 0 Å². The first-order valence-corrected chi connectivity index (χ1v) is 7.13. The molecule has 1 aliphatic carbocycles. The number of benzene rings is 1. The Morgan fingerprint density at radius 3 is 2.67 bits per heavy atom. The fraction of sp³-hybridized carbons (Fsp3) is 0.400. The summed E-state index contributed by atoms with van der Waals surface area (Å²) in [4.78, 5) is 6.19. The molecular weight excluding hydrogens is 242 g/mol. The number of thiazole rings is 1. The monoisotopic (exact) mass is 259 g/mol. The predicted molar refractivity (Wildman–Crippen MR) is 75.0 cm³/mol. The van der Waals surface area contributed by atoms with Gasteiger partial charge in [0.2, 0.25) is 0 Å². The van der Waals surface area contributed by atoms with Crippen molar-refractivity contribution in [1.29, 1.82) is 0 Å². The maximum Gasteiger partial charge on any atom is 0.123 e. The summed E-state index contributed by atoms with van der Waals surface area (Å²) in [7, 11) is 0. The minimum atomic E-state index is 0.307. The molecule has 0 bridgehead atoms. The SMILES string of the molecule is CC1(C)CCc2nc(-c3ccc(O)cc3)sc2C1. The lowest BCUT2D eigenvalue weighted by molar-refractivity contribution is 0.316. The number of hydrogen-bond acceptors (Lipinski definition) is 3. The lowest BCUT2D eigenvalue weighted by atomic mass is 9.79. The first-order valence-electron chi connectivity index (χ1n) is 6.31. The van der Waals surface area contributed by atoms with E-state index >= 15 is 0 Å². The highest BCUT2D eigenvalue weighted by atomic mass is 32.1. The lowest BCUT2D eigenvalue weighted by Gasteiger charge is -2.28. The third-order valence-electron chi connectivity index (χ3n) is 3.57. The van der Waals surface area contributed by atoms with E-state index < -0.39 is 0 Å². The Balaban J connectivity index is 1.96. The van der Waals surface area contributed by atoms with Crippen LogP contribution < -0.4 is 0 Å². The van der Waals surface area contributed by atoms with Gasteiger partial charge in [-0.15, -0.1) is 11.3 Å². The minimum Gasteiger partial charge on any atom is -0.508 e. The Kier molecular flexibility index (Phi) is 2.67. The smallest absolute Gasteiger partial charge is 0.123 e. The van der Waals surface area contributed by atoms with E-state index in [0.29, 0.717) is 11.2 Å². The van der Waals surface area contributed by atoms with Crippen molar-refractivity contribution < 1.29 is 5.11 Å². The Morgan fingerprint density at radius 1 is 1.22 bits per heavy atom. The van der Waals surface area contributed by atoms with Crippen molar-refractivity contribution in [2.45, 2.75) is 33.1 Å². The average molecular weight is 259 g/mol. The molecule has 1 N–H and O–H groups in total. The van der Waals surface area contributed by atoms with Crippen LogP contribution in [0, 0.1) is 5.41 Å². The zero-order valence-corrected chi connectivity index (χ0v) is 11.5. The van der Waals surface area contributed by atoms with Crippen LogP contribution >= 0.6 is 11.3 Å². The van der Waals surface area contributed by atoms with Crippen molar-refractivity contribution in [3.05, 3.63) is 34.8 Å². The molecule has 3 rings (SSSR count). The van der Waals surface area contributed by atoms with Gasteiger partial charge in [0, 0.05) is 10.4 Å². The highest BCUT2D eigenvalue weighted by Gasteiger charge is 2.28. The quantitative estimate of drug-likeness (QED) is 0.838. The summed E-state index contributed by atoms with van der Waals surface area (Å²) in [6.45, 7) is 4.66. The van der Waals surface area contributed by atoms with Crippen molar-refractivity contribution in [3.8, 4) is 16.3 Å². The van der Waals surface area contributed by atoms with E-state index in [1.165, 1.54) is 17.0 Å². The number of aryl methyl sites for hydroxylation is 1. The molecule has 0 amide bonds. The summed E-state index contributed by atoms with van der Waals surface area (Å²) in [5.41, 5.74) is 2.79. The molecule has 0 saturated carbocycles. The van der Waals surface area contributed by atoms with Crippen LogP contribution in [0.15, 0.2) is 24.3 Å². The first-order chi connectivity index (χ1) is 8.53. The summed E-state index contributed by atoms with van der Waals surface area (Å²) >= 11 is 1.80. The Bertz CT molecular complexity index is 569. The fourth-order valence-electron chi connectivity index (χ4n) is 2.42. The van der Waals surface area contributed by atoms with Crippen molar-refractivity contribution >= 4 is 11.3 Å². The van der Waals surface area contributed by atoms with E-state index in [1.807, 2.05) is 12.1 Å². The van der Waals surface area contributed by atoms with Crippen LogP contribution in [0.2, 0.25) is 0 Å². The summed E-state index contributed by atoms with van der Waals surface area (Å²) < 4.78 is 0. The average Bonchev–Trinajstić information content (AvgIpc) is 2.71. The topological polar surface area (TPSA) is 33.1 Å². The number of nitrogens with zero attached hydrogens (tertiary/aromatic N) is 1. The Hall–Kier alpha value is -1.35. The predicted octanol–water partition coefficient (Wildman–Crippen LogP) is 4.03. The third kappa shape index (κ3) is 2.15. The van der Waals surface area contributed by atoms with Gasteiger partial charge in [0.1, 0.15) is 10.8 Å². The zero-order valence-electron chi connectivity index (χ0n) is 10.7. The van der Waals surface area contributed by atoms with Gasteiger partial charge in [-0.3, -0.25) is 0 Å². The summed E-state index contributed by atoms with van der Waals surface area (Å²) in [5.74, 6) is 0.307. The molecule has 0 saturated heterocycles. The van der Waals surface area contributed by atoms with Crippen molar-refractivity contribution in [3.63, 3.8) is 0 Å². The van der Waals surface area contributed by atoms with E-state index in [1.54, 1.807) is 23.5 Å². The number of aromatic hydroxyl groups is 1. The number of phenolic OH excluding ortho intramolecular Hbond substituents is 1. The first kappa shape index (κ1) is 11.7. The largest absolute Gasteiger partial charge is 0.508 e. The van der Waals surface area contributed by atoms with Gasteiger partial charge >= 0.3 is 0 Å². The van der Waals surface area contributed by atoms with Crippen LogP contribution in [-0.2, 0) is 12.8 Å². The van der Waals surface area contributed by atoms with E-state index in [2.05, 4.69) is 13.8 Å². The van der Waals surface area contributed by atoms with E-state index in [9.17, 15) is 5.11 Å². The second kappa shape index (κ2) is 4.09. The molecular formula is C15H17NOS. The highest BCUT2D eigenvalue weighted by Crippen LogP contribution is 2.39. The van der Waals surface area contributed by atoms with Gasteiger partial charge in [0.15, 0.2) is 0 Å². The van der Waals surface area contributed by atoms with Gasteiger partial charge in [-0.25, -0.2) is 4.98 Å². The zero-order chi connectivity index (χ0) is 12.8. The lowest BCUT2D eigenvalue weighted by Crippen LogP contribution is -2.20. The van der Waals surface area contributed by atoms with E-state index in [-0.39, 0.29) is 0 Å². The second-order valence-corrected chi connectivity index (χ2v) is 6.86. The number of aromatic nitrogens is 1. The Morgan fingerprint density at radius 2 is 1.94 bits per heavy atom. The highest BCUT2D eigenvalue weighted by molar-refractivity contribution is 7.15. The van der Waals surface area contributed by atoms with Crippen molar-refractivity contribution in [1.82, 2.24) is 4.98 Å². The Labute approximate surface area is 111 Å². The normalized spacial score (nSPS) is 17.4. The standard InChI is InChI=1S/C15H17NOS/c1-15(2)8-7-12-13(9-15)18-14(16-12)10-3-5-11(17)6-4-10/h3-6,17H,7-9H2,1-2H3. The number of phenols is 1.